The van der Waals surface area contributed by atoms with Gasteiger partial charge in [-0.25, -0.2) is 0 Å². The number of carbonyl (C=O) groups excluding carboxylic acids is 2. The van der Waals surface area contributed by atoms with Crippen molar-refractivity contribution in [3.63, 3.8) is 0 Å². The molecule has 2 aromatic carbocycles. The minimum atomic E-state index is -1.44. The molecule has 6 rings (SSSR count). The number of hydrogen-bond donors (Lipinski definition) is 4. The molecule has 5 N–H and O–H groups in total. The van der Waals surface area contributed by atoms with Gasteiger partial charge in [0.2, 0.25) is 0 Å². The van der Waals surface area contributed by atoms with Gasteiger partial charge in [-0.1, -0.05) is 37.6 Å². The lowest BCUT2D eigenvalue weighted by atomic mass is 9.46. The molecular weight excluding hydrogens is 574 g/mol. The third kappa shape index (κ3) is 5.50. The van der Waals surface area contributed by atoms with Gasteiger partial charge in [0.1, 0.15) is 24.7 Å². The molecule has 9 nitrogen and oxygen atoms in total. The third-order valence-corrected chi connectivity index (χ3v) is 11.1. The van der Waals surface area contributed by atoms with Crippen molar-refractivity contribution in [3.05, 3.63) is 77.4 Å². The number of ether oxygens (including phenoxy) is 3. The molecule has 0 aliphatic heterocycles. The second-order valence-electron chi connectivity index (χ2n) is 13.6. The normalized spacial score (nSPS) is 34.3. The van der Waals surface area contributed by atoms with Gasteiger partial charge in [0.05, 0.1) is 30.8 Å². The summed E-state index contributed by atoms with van der Waals surface area (Å²) in [5, 5.41) is 33.2. The van der Waals surface area contributed by atoms with Crippen LogP contribution in [0.4, 0.5) is 5.69 Å². The monoisotopic (exact) mass is 617 g/mol. The van der Waals surface area contributed by atoms with Crippen molar-refractivity contribution in [2.45, 2.75) is 64.6 Å². The topological polar surface area (TPSA) is 149 Å². The first-order valence-electron chi connectivity index (χ1n) is 15.7. The van der Waals surface area contributed by atoms with E-state index in [1.165, 1.54) is 7.11 Å². The maximum atomic E-state index is 13.4. The Hall–Kier alpha value is -3.50. The van der Waals surface area contributed by atoms with E-state index in [9.17, 15) is 24.9 Å². The summed E-state index contributed by atoms with van der Waals surface area (Å²) in [5.74, 6) is -0.265. The van der Waals surface area contributed by atoms with Crippen LogP contribution in [0.5, 0.6) is 11.5 Å². The van der Waals surface area contributed by atoms with E-state index in [1.54, 1.807) is 36.4 Å². The summed E-state index contributed by atoms with van der Waals surface area (Å²) in [6.07, 6.45) is 4.77. The lowest BCUT2D eigenvalue weighted by Crippen LogP contribution is -2.56. The van der Waals surface area contributed by atoms with Gasteiger partial charge in [-0.2, -0.15) is 0 Å². The molecule has 0 amide bonds. The number of fused-ring (bicyclic) bond motifs is 5. The van der Waals surface area contributed by atoms with Crippen molar-refractivity contribution in [2.75, 3.05) is 19.5 Å². The van der Waals surface area contributed by atoms with Crippen molar-refractivity contribution in [1.82, 2.24) is 0 Å². The molecule has 0 aromatic heterocycles. The summed E-state index contributed by atoms with van der Waals surface area (Å²) in [6, 6.07) is 12.5. The predicted octanol–water partition coefficient (Wildman–Crippen LogP) is 4.30. The van der Waals surface area contributed by atoms with Crippen LogP contribution in [-0.4, -0.2) is 52.8 Å². The number of ketones is 2. The van der Waals surface area contributed by atoms with E-state index < -0.39 is 41.9 Å². The maximum Gasteiger partial charge on any atom is 0.185 e. The fraction of sp³-hybridized carbons (Fsp3) is 0.500. The molecule has 0 heterocycles. The fourth-order valence-corrected chi connectivity index (χ4v) is 9.21. The number of carbonyl (C=O) groups is 2. The third-order valence-electron chi connectivity index (χ3n) is 11.1. The number of aliphatic hydroxyl groups is 3. The molecule has 240 valence electrons. The lowest BCUT2D eigenvalue weighted by molar-refractivity contribution is -0.167. The minimum absolute atomic E-state index is 0.00266. The zero-order chi connectivity index (χ0) is 32.1. The molecule has 4 aliphatic rings. The Labute approximate surface area is 263 Å². The summed E-state index contributed by atoms with van der Waals surface area (Å²) in [5.41, 5.74) is 7.73. The van der Waals surface area contributed by atoms with Crippen molar-refractivity contribution in [2.24, 2.45) is 34.5 Å². The van der Waals surface area contributed by atoms with Crippen LogP contribution >= 0.6 is 0 Å². The zero-order valence-corrected chi connectivity index (χ0v) is 26.0. The van der Waals surface area contributed by atoms with E-state index in [-0.39, 0.29) is 35.9 Å². The minimum Gasteiger partial charge on any atom is -0.496 e. The van der Waals surface area contributed by atoms with E-state index in [2.05, 4.69) is 6.92 Å². The summed E-state index contributed by atoms with van der Waals surface area (Å²) < 4.78 is 17.9. The highest BCUT2D eigenvalue weighted by molar-refractivity contribution is 6.01. The van der Waals surface area contributed by atoms with Crippen LogP contribution < -0.4 is 15.2 Å². The Bertz CT molecular complexity index is 1530. The van der Waals surface area contributed by atoms with Crippen LogP contribution in [0.2, 0.25) is 0 Å². The van der Waals surface area contributed by atoms with Gasteiger partial charge >= 0.3 is 0 Å². The van der Waals surface area contributed by atoms with Crippen LogP contribution in [0.15, 0.2) is 66.3 Å². The Morgan fingerprint density at radius 1 is 1.18 bits per heavy atom. The number of rotatable bonds is 9. The van der Waals surface area contributed by atoms with Gasteiger partial charge in [-0.3, -0.25) is 9.59 Å². The van der Waals surface area contributed by atoms with Crippen LogP contribution in [0.25, 0.3) is 0 Å². The Morgan fingerprint density at radius 3 is 2.71 bits per heavy atom. The average Bonchev–Trinajstić information content (AvgIpc) is 3.30. The number of allylic oxidation sites excluding steroid dienone is 4. The number of nitrogens with two attached hydrogens (primary N) is 1. The fourth-order valence-electron chi connectivity index (χ4n) is 9.21. The van der Waals surface area contributed by atoms with E-state index in [0.717, 1.165) is 24.0 Å². The number of Topliss-reactive ketones (excluding diaryl/α,β-unsaturated/α-hetero) is 1. The van der Waals surface area contributed by atoms with Crippen molar-refractivity contribution in [3.8, 4) is 11.5 Å². The largest absolute Gasteiger partial charge is 0.496 e. The first-order valence-corrected chi connectivity index (χ1v) is 15.7. The number of methoxy groups -OCH3 is 1. The molecule has 0 radical (unpaired) electrons. The van der Waals surface area contributed by atoms with Crippen LogP contribution in [0, 0.1) is 34.5 Å². The van der Waals surface area contributed by atoms with Gasteiger partial charge in [0, 0.05) is 17.0 Å². The Balaban J connectivity index is 1.27. The molecule has 2 aromatic rings. The van der Waals surface area contributed by atoms with Crippen molar-refractivity contribution in [1.29, 1.82) is 0 Å². The van der Waals surface area contributed by atoms with Gasteiger partial charge in [0.15, 0.2) is 17.9 Å². The summed E-state index contributed by atoms with van der Waals surface area (Å²) in [7, 11) is 1.50. The van der Waals surface area contributed by atoms with E-state index in [0.29, 0.717) is 35.6 Å². The highest BCUT2D eigenvalue weighted by Gasteiger charge is 2.65. The average molecular weight is 618 g/mol. The van der Waals surface area contributed by atoms with Crippen LogP contribution in [0.3, 0.4) is 0 Å². The first-order chi connectivity index (χ1) is 21.5. The molecule has 0 saturated heterocycles. The second-order valence-corrected chi connectivity index (χ2v) is 13.6. The number of hydrogen-bond acceptors (Lipinski definition) is 9. The molecule has 3 saturated carbocycles. The highest BCUT2D eigenvalue weighted by atomic mass is 16.6. The van der Waals surface area contributed by atoms with Crippen LogP contribution in [-0.2, 0) is 20.9 Å². The van der Waals surface area contributed by atoms with Gasteiger partial charge in [-0.15, -0.1) is 0 Å². The Morgan fingerprint density at radius 2 is 1.98 bits per heavy atom. The summed E-state index contributed by atoms with van der Waals surface area (Å²) >= 11 is 0. The molecule has 9 atom stereocenters. The molecule has 4 unspecified atom stereocenters. The number of anilines is 1. The standard InChI is InChI=1S/C36H43NO8/c1-35-12-11-23(39)14-21(35)7-9-25-27-16-31(33(29(41)18-38)36(27,2)17-28(40)32(25)35)45-34(42)26-15-24(8-10-30(26)43-3)44-19-20-5-4-6-22(37)13-20/h4-6,8,10-15,25,27-28,31-34,38,40,42H,7,9,16-19,37H2,1-3H3/t25-,27?,28-,31?,32?,33?,34-,35-,36-/m0/s1. The molecule has 0 bridgehead atoms. The molecule has 3 fully saturated rings. The van der Waals surface area contributed by atoms with E-state index in [1.807, 2.05) is 31.2 Å². The smallest absolute Gasteiger partial charge is 0.185 e. The van der Waals surface area contributed by atoms with Gasteiger partial charge < -0.3 is 35.3 Å². The summed E-state index contributed by atoms with van der Waals surface area (Å²) in [4.78, 5) is 25.6. The van der Waals surface area contributed by atoms with Gasteiger partial charge in [-0.05, 0) is 91.0 Å². The molecule has 4 aliphatic carbocycles. The number of nitrogen functional groups attached to an aromatic ring is 1. The molecular formula is C36H43NO8. The second kappa shape index (κ2) is 12.0. The Kier molecular flexibility index (Phi) is 8.41. The molecule has 0 spiro atoms. The maximum absolute atomic E-state index is 13.4. The molecule has 9 heteroatoms. The number of aliphatic hydroxyl groups excluding tert-OH is 3. The van der Waals surface area contributed by atoms with E-state index >= 15 is 0 Å². The molecule has 45 heavy (non-hydrogen) atoms. The van der Waals surface area contributed by atoms with Crippen molar-refractivity contribution < 1.29 is 39.1 Å². The highest BCUT2D eigenvalue weighted by Crippen LogP contribution is 2.66. The first kappa shape index (κ1) is 31.5. The SMILES string of the molecule is COc1ccc(OCc2cccc(N)c2)cc1[C@@H](O)OC1CC2[C@@H]3CCC4=CC(=O)C=C[C@]4(C)C3[C@@H](O)C[C@]2(C)C1C(=O)CO. The quantitative estimate of drug-likeness (QED) is 0.239. The van der Waals surface area contributed by atoms with Gasteiger partial charge in [0.25, 0.3) is 0 Å². The lowest BCUT2D eigenvalue weighted by Gasteiger charge is -2.58. The predicted molar refractivity (Wildman–Crippen MR) is 167 cm³/mol. The zero-order valence-electron chi connectivity index (χ0n) is 26.0. The van der Waals surface area contributed by atoms with E-state index in [4.69, 9.17) is 19.9 Å². The van der Waals surface area contributed by atoms with Crippen LogP contribution in [0.1, 0.15) is 56.9 Å². The summed E-state index contributed by atoms with van der Waals surface area (Å²) in [6.45, 7) is 3.73. The van der Waals surface area contributed by atoms with Crippen molar-refractivity contribution >= 4 is 17.3 Å². The number of benzene rings is 2.